The van der Waals surface area contributed by atoms with Crippen molar-refractivity contribution in [2.75, 3.05) is 7.05 Å². The summed E-state index contributed by atoms with van der Waals surface area (Å²) in [6, 6.07) is 5.90. The van der Waals surface area contributed by atoms with E-state index in [9.17, 15) is 13.6 Å². The number of hydrogen-bond donors (Lipinski definition) is 1. The van der Waals surface area contributed by atoms with E-state index in [2.05, 4.69) is 15.2 Å². The maximum absolute atomic E-state index is 12.2. The van der Waals surface area contributed by atoms with Crippen molar-refractivity contribution in [3.8, 4) is 5.75 Å². The van der Waals surface area contributed by atoms with E-state index >= 15 is 0 Å². The molecule has 2 rings (SSSR count). The van der Waals surface area contributed by atoms with Gasteiger partial charge in [-0.05, 0) is 31.5 Å². The number of alkyl halides is 2. The highest BCUT2D eigenvalue weighted by molar-refractivity contribution is 5.73. The summed E-state index contributed by atoms with van der Waals surface area (Å²) in [5.41, 5.74) is 2.26. The molecule has 0 aliphatic carbocycles. The molecule has 8 heteroatoms. The number of urea groups is 1. The maximum Gasteiger partial charge on any atom is 0.387 e. The highest BCUT2D eigenvalue weighted by atomic mass is 19.3. The molecule has 1 aromatic carbocycles. The Kier molecular flexibility index (Phi) is 5.73. The van der Waals surface area contributed by atoms with Crippen LogP contribution in [-0.2, 0) is 13.1 Å². The number of nitrogens with zero attached hydrogens (tertiary/aromatic N) is 2. The first kappa shape index (κ1) is 17.7. The molecule has 1 N–H and O–H groups in total. The molecule has 0 bridgehead atoms. The first-order valence-electron chi connectivity index (χ1n) is 7.31. The Bertz CT molecular complexity index is 684. The van der Waals surface area contributed by atoms with E-state index in [0.717, 1.165) is 11.3 Å². The van der Waals surface area contributed by atoms with E-state index in [4.69, 9.17) is 4.52 Å². The molecule has 1 aromatic heterocycles. The van der Waals surface area contributed by atoms with Crippen LogP contribution < -0.4 is 10.1 Å². The van der Waals surface area contributed by atoms with Crippen molar-refractivity contribution in [3.63, 3.8) is 0 Å². The van der Waals surface area contributed by atoms with Gasteiger partial charge in [-0.15, -0.1) is 0 Å². The van der Waals surface area contributed by atoms with Crippen LogP contribution in [0.5, 0.6) is 5.75 Å². The molecule has 130 valence electrons. The molecule has 0 radical (unpaired) electrons. The second kappa shape index (κ2) is 7.76. The van der Waals surface area contributed by atoms with Crippen LogP contribution >= 0.6 is 0 Å². The van der Waals surface area contributed by atoms with Crippen LogP contribution in [0.4, 0.5) is 13.6 Å². The number of hydrogen-bond acceptors (Lipinski definition) is 4. The van der Waals surface area contributed by atoms with Crippen molar-refractivity contribution in [2.24, 2.45) is 0 Å². The van der Waals surface area contributed by atoms with Crippen molar-refractivity contribution in [2.45, 2.75) is 33.5 Å². The molecule has 0 saturated carbocycles. The lowest BCUT2D eigenvalue weighted by Gasteiger charge is -2.18. The van der Waals surface area contributed by atoms with Crippen LogP contribution in [0, 0.1) is 13.8 Å². The average Bonchev–Trinajstić information content (AvgIpc) is 2.84. The monoisotopic (exact) mass is 339 g/mol. The molecule has 1 heterocycles. The Morgan fingerprint density at radius 2 is 2.17 bits per heavy atom. The summed E-state index contributed by atoms with van der Waals surface area (Å²) in [7, 11) is 1.65. The molecule has 2 amide bonds. The smallest absolute Gasteiger partial charge is 0.387 e. The highest BCUT2D eigenvalue weighted by Gasteiger charge is 2.15. The number of halogens is 2. The van der Waals surface area contributed by atoms with E-state index in [1.807, 2.05) is 6.92 Å². The van der Waals surface area contributed by atoms with Gasteiger partial charge in [0.25, 0.3) is 0 Å². The number of amides is 2. The molecule has 6 nitrogen and oxygen atoms in total. The Balaban J connectivity index is 1.90. The topological polar surface area (TPSA) is 67.6 Å². The van der Waals surface area contributed by atoms with E-state index in [-0.39, 0.29) is 18.3 Å². The molecule has 0 aliphatic heterocycles. The standard InChI is InChI=1S/C16H19F2N3O3/c1-10-14(11(2)24-20-10)9-21(3)16(22)19-8-12-5-4-6-13(7-12)23-15(17)18/h4-7,15H,8-9H2,1-3H3,(H,19,22). The third kappa shape index (κ3) is 4.68. The van der Waals surface area contributed by atoms with Crippen LogP contribution in [-0.4, -0.2) is 29.7 Å². The number of aryl methyl sites for hydroxylation is 2. The lowest BCUT2D eigenvalue weighted by Crippen LogP contribution is -2.36. The fourth-order valence-corrected chi connectivity index (χ4v) is 2.18. The average molecular weight is 339 g/mol. The van der Waals surface area contributed by atoms with Crippen molar-refractivity contribution in [1.82, 2.24) is 15.4 Å². The van der Waals surface area contributed by atoms with Crippen molar-refractivity contribution in [1.29, 1.82) is 0 Å². The molecule has 0 aliphatic rings. The molecule has 24 heavy (non-hydrogen) atoms. The second-order valence-corrected chi connectivity index (χ2v) is 5.34. The maximum atomic E-state index is 12.2. The van der Waals surface area contributed by atoms with Crippen LogP contribution in [0.25, 0.3) is 0 Å². The molecule has 0 spiro atoms. The molecule has 0 saturated heterocycles. The fraction of sp³-hybridized carbons (Fsp3) is 0.375. The van der Waals surface area contributed by atoms with Gasteiger partial charge in [0.15, 0.2) is 0 Å². The van der Waals surface area contributed by atoms with Crippen molar-refractivity contribution >= 4 is 6.03 Å². The zero-order chi connectivity index (χ0) is 17.7. The summed E-state index contributed by atoms with van der Waals surface area (Å²) in [5.74, 6) is 0.727. The normalized spacial score (nSPS) is 10.8. The minimum Gasteiger partial charge on any atom is -0.435 e. The number of carbonyl (C=O) groups is 1. The van der Waals surface area contributed by atoms with Gasteiger partial charge < -0.3 is 19.5 Å². The van der Waals surface area contributed by atoms with Crippen molar-refractivity contribution < 1.29 is 22.8 Å². The number of benzene rings is 1. The zero-order valence-corrected chi connectivity index (χ0v) is 13.7. The first-order chi connectivity index (χ1) is 11.4. The van der Waals surface area contributed by atoms with E-state index in [1.54, 1.807) is 26.1 Å². The van der Waals surface area contributed by atoms with Crippen molar-refractivity contribution in [3.05, 3.63) is 46.8 Å². The second-order valence-electron chi connectivity index (χ2n) is 5.34. The Morgan fingerprint density at radius 1 is 1.42 bits per heavy atom. The third-order valence-electron chi connectivity index (χ3n) is 3.49. The lowest BCUT2D eigenvalue weighted by molar-refractivity contribution is -0.0498. The molecule has 0 atom stereocenters. The zero-order valence-electron chi connectivity index (χ0n) is 13.7. The summed E-state index contributed by atoms with van der Waals surface area (Å²) in [5, 5.41) is 6.57. The van der Waals surface area contributed by atoms with Gasteiger partial charge in [0.2, 0.25) is 0 Å². The fourth-order valence-electron chi connectivity index (χ4n) is 2.18. The number of rotatable bonds is 6. The van der Waals surface area contributed by atoms with Crippen LogP contribution in [0.1, 0.15) is 22.6 Å². The van der Waals surface area contributed by atoms with Crippen LogP contribution in [0.3, 0.4) is 0 Å². The van der Waals surface area contributed by atoms with Crippen LogP contribution in [0.15, 0.2) is 28.8 Å². The Labute approximate surface area is 138 Å². The number of nitrogens with one attached hydrogen (secondary N) is 1. The van der Waals surface area contributed by atoms with Gasteiger partial charge >= 0.3 is 12.6 Å². The summed E-state index contributed by atoms with van der Waals surface area (Å²) in [6.45, 7) is 1.28. The first-order valence-corrected chi connectivity index (χ1v) is 7.31. The SMILES string of the molecule is Cc1noc(C)c1CN(C)C(=O)NCc1cccc(OC(F)F)c1. The molecular weight excluding hydrogens is 320 g/mol. The van der Waals surface area contributed by atoms with Gasteiger partial charge in [0.05, 0.1) is 12.2 Å². The third-order valence-corrected chi connectivity index (χ3v) is 3.49. The largest absolute Gasteiger partial charge is 0.435 e. The lowest BCUT2D eigenvalue weighted by atomic mass is 10.2. The molecule has 0 unspecified atom stereocenters. The number of aromatic nitrogens is 1. The van der Waals surface area contributed by atoms with Crippen LogP contribution in [0.2, 0.25) is 0 Å². The van der Waals surface area contributed by atoms with E-state index in [1.165, 1.54) is 17.0 Å². The molecule has 2 aromatic rings. The van der Waals surface area contributed by atoms with Gasteiger partial charge in [-0.3, -0.25) is 0 Å². The Hall–Kier alpha value is -2.64. The summed E-state index contributed by atoms with van der Waals surface area (Å²) in [6.07, 6.45) is 0. The summed E-state index contributed by atoms with van der Waals surface area (Å²) in [4.78, 5) is 13.6. The Morgan fingerprint density at radius 3 is 2.79 bits per heavy atom. The van der Waals surface area contributed by atoms with Gasteiger partial charge in [0.1, 0.15) is 11.5 Å². The van der Waals surface area contributed by atoms with Gasteiger partial charge in [-0.25, -0.2) is 4.79 Å². The van der Waals surface area contributed by atoms with Gasteiger partial charge in [0, 0.05) is 19.2 Å². The minimum atomic E-state index is -2.88. The number of ether oxygens (including phenoxy) is 1. The van der Waals surface area contributed by atoms with Gasteiger partial charge in [-0.1, -0.05) is 17.3 Å². The van der Waals surface area contributed by atoms with E-state index < -0.39 is 6.61 Å². The van der Waals surface area contributed by atoms with Gasteiger partial charge in [-0.2, -0.15) is 8.78 Å². The molecular formula is C16H19F2N3O3. The summed E-state index contributed by atoms with van der Waals surface area (Å²) >= 11 is 0. The minimum absolute atomic E-state index is 0.0563. The highest BCUT2D eigenvalue weighted by Crippen LogP contribution is 2.16. The van der Waals surface area contributed by atoms with E-state index in [0.29, 0.717) is 17.9 Å². The quantitative estimate of drug-likeness (QED) is 0.877. The summed E-state index contributed by atoms with van der Waals surface area (Å²) < 4.78 is 33.8. The number of carbonyl (C=O) groups excluding carboxylic acids is 1. The molecule has 0 fully saturated rings. The predicted octanol–water partition coefficient (Wildman–Crippen LogP) is 3.23. The predicted molar refractivity (Wildman–Crippen MR) is 82.8 cm³/mol.